The van der Waals surface area contributed by atoms with Crippen LogP contribution in [0.5, 0.6) is 0 Å². The Kier molecular flexibility index (Phi) is 6.32. The van der Waals surface area contributed by atoms with Gasteiger partial charge in [-0.3, -0.25) is 4.79 Å². The van der Waals surface area contributed by atoms with Crippen LogP contribution in [0.1, 0.15) is 87.1 Å². The van der Waals surface area contributed by atoms with Crippen molar-refractivity contribution in [1.82, 2.24) is 0 Å². The maximum atomic E-state index is 13.1. The molecular formula is C20H28F2O. The molecule has 0 spiro atoms. The van der Waals surface area contributed by atoms with Gasteiger partial charge in [-0.1, -0.05) is 56.9 Å². The summed E-state index contributed by atoms with van der Waals surface area (Å²) in [7, 11) is 0. The first-order valence-corrected chi connectivity index (χ1v) is 8.94. The minimum atomic E-state index is -3.29. The molecule has 0 aliphatic heterocycles. The van der Waals surface area contributed by atoms with Crippen LogP contribution in [0.4, 0.5) is 8.78 Å². The number of ketones is 1. The van der Waals surface area contributed by atoms with Crippen LogP contribution in [-0.2, 0) is 0 Å². The van der Waals surface area contributed by atoms with E-state index in [9.17, 15) is 13.6 Å². The highest BCUT2D eigenvalue weighted by molar-refractivity contribution is 6.01. The molecular weight excluding hydrogens is 294 g/mol. The van der Waals surface area contributed by atoms with Gasteiger partial charge < -0.3 is 0 Å². The summed E-state index contributed by atoms with van der Waals surface area (Å²) in [5.41, 5.74) is 1.29. The summed E-state index contributed by atoms with van der Waals surface area (Å²) in [6.45, 7) is 2.89. The third kappa shape index (κ3) is 5.12. The molecule has 0 unspecified atom stereocenters. The molecule has 0 N–H and O–H groups in total. The fraction of sp³-hybridized carbons (Fsp3) is 0.650. The maximum absolute atomic E-state index is 13.1. The fourth-order valence-electron chi connectivity index (χ4n) is 3.63. The van der Waals surface area contributed by atoms with Gasteiger partial charge in [-0.05, 0) is 43.1 Å². The smallest absolute Gasteiger partial charge is 0.287 e. The third-order valence-corrected chi connectivity index (χ3v) is 5.11. The van der Waals surface area contributed by atoms with E-state index in [1.54, 1.807) is 12.1 Å². The van der Waals surface area contributed by atoms with Crippen molar-refractivity contribution in [2.45, 2.75) is 77.1 Å². The zero-order valence-electron chi connectivity index (χ0n) is 14.3. The van der Waals surface area contributed by atoms with Crippen molar-refractivity contribution in [3.05, 3.63) is 35.4 Å². The van der Waals surface area contributed by atoms with Gasteiger partial charge in [0.2, 0.25) is 5.78 Å². The predicted molar refractivity (Wildman–Crippen MR) is 90.2 cm³/mol. The molecule has 23 heavy (non-hydrogen) atoms. The SMILES string of the molecule is CCCCC[C@H]1CC[C@H](c2ccc(C(=O)C(C)(F)F)cc2)CC1. The normalized spacial score (nSPS) is 22.1. The number of hydrogen-bond donors (Lipinski definition) is 0. The Bertz CT molecular complexity index is 493. The summed E-state index contributed by atoms with van der Waals surface area (Å²) in [6.07, 6.45) is 10.2. The minimum Gasteiger partial charge on any atom is -0.287 e. The molecule has 1 aromatic carbocycles. The second-order valence-electron chi connectivity index (χ2n) is 7.05. The van der Waals surface area contributed by atoms with E-state index in [1.165, 1.54) is 56.9 Å². The number of carbonyl (C=O) groups excluding carboxylic acids is 1. The van der Waals surface area contributed by atoms with Crippen LogP contribution in [0.2, 0.25) is 0 Å². The quantitative estimate of drug-likeness (QED) is 0.420. The first kappa shape index (κ1) is 18.1. The third-order valence-electron chi connectivity index (χ3n) is 5.11. The largest absolute Gasteiger partial charge is 0.307 e. The average molecular weight is 322 g/mol. The highest BCUT2D eigenvalue weighted by Crippen LogP contribution is 2.38. The van der Waals surface area contributed by atoms with Gasteiger partial charge in [-0.25, -0.2) is 0 Å². The Hall–Kier alpha value is -1.25. The first-order valence-electron chi connectivity index (χ1n) is 8.94. The van der Waals surface area contributed by atoms with Gasteiger partial charge >= 0.3 is 5.92 Å². The maximum Gasteiger partial charge on any atom is 0.307 e. The van der Waals surface area contributed by atoms with Gasteiger partial charge in [-0.15, -0.1) is 0 Å². The zero-order chi connectivity index (χ0) is 16.9. The molecule has 1 saturated carbocycles. The van der Waals surface area contributed by atoms with Crippen molar-refractivity contribution < 1.29 is 13.6 Å². The predicted octanol–water partition coefficient (Wildman–Crippen LogP) is 6.38. The molecule has 3 heteroatoms. The van der Waals surface area contributed by atoms with E-state index in [4.69, 9.17) is 0 Å². The molecule has 1 aliphatic rings. The number of alkyl halides is 2. The standard InChI is InChI=1S/C20H28F2O/c1-3-4-5-6-15-7-9-16(10-8-15)17-11-13-18(14-12-17)19(23)20(2,21)22/h11-16H,3-10H2,1-2H3/t15-,16-. The Balaban J connectivity index is 1.88. The van der Waals surface area contributed by atoms with Crippen molar-refractivity contribution >= 4 is 5.78 Å². The van der Waals surface area contributed by atoms with Crippen molar-refractivity contribution in [3.8, 4) is 0 Å². The fourth-order valence-corrected chi connectivity index (χ4v) is 3.63. The van der Waals surface area contributed by atoms with Crippen LogP contribution < -0.4 is 0 Å². The highest BCUT2D eigenvalue weighted by Gasteiger charge is 2.33. The van der Waals surface area contributed by atoms with Crippen molar-refractivity contribution in [2.75, 3.05) is 0 Å². The highest BCUT2D eigenvalue weighted by atomic mass is 19.3. The van der Waals surface area contributed by atoms with Crippen LogP contribution in [0.15, 0.2) is 24.3 Å². The zero-order valence-corrected chi connectivity index (χ0v) is 14.3. The van der Waals surface area contributed by atoms with E-state index in [0.717, 1.165) is 5.92 Å². The molecule has 0 amide bonds. The van der Waals surface area contributed by atoms with Crippen molar-refractivity contribution in [1.29, 1.82) is 0 Å². The van der Waals surface area contributed by atoms with Gasteiger partial charge in [0.15, 0.2) is 0 Å². The number of carbonyl (C=O) groups is 1. The molecule has 1 aliphatic carbocycles. The Labute approximate surface area is 138 Å². The molecule has 1 nitrogen and oxygen atoms in total. The lowest BCUT2D eigenvalue weighted by molar-refractivity contribution is 0.0221. The molecule has 0 radical (unpaired) electrons. The van der Waals surface area contributed by atoms with Crippen LogP contribution >= 0.6 is 0 Å². The number of hydrogen-bond acceptors (Lipinski definition) is 1. The molecule has 0 saturated heterocycles. The van der Waals surface area contributed by atoms with Gasteiger partial charge in [-0.2, -0.15) is 8.78 Å². The lowest BCUT2D eigenvalue weighted by Gasteiger charge is -2.29. The molecule has 2 rings (SSSR count). The monoisotopic (exact) mass is 322 g/mol. The average Bonchev–Trinajstić information content (AvgIpc) is 2.54. The number of Topliss-reactive ketones (excluding diaryl/α,β-unsaturated/α-hetero) is 1. The van der Waals surface area contributed by atoms with Gasteiger partial charge in [0, 0.05) is 12.5 Å². The lowest BCUT2D eigenvalue weighted by atomic mass is 9.77. The van der Waals surface area contributed by atoms with Gasteiger partial charge in [0.1, 0.15) is 0 Å². The summed E-state index contributed by atoms with van der Waals surface area (Å²) in [6, 6.07) is 6.84. The Morgan fingerprint density at radius 1 is 1.09 bits per heavy atom. The molecule has 1 aromatic rings. The minimum absolute atomic E-state index is 0.106. The number of benzene rings is 1. The van der Waals surface area contributed by atoms with E-state index in [2.05, 4.69) is 6.92 Å². The van der Waals surface area contributed by atoms with Crippen molar-refractivity contribution in [2.24, 2.45) is 5.92 Å². The van der Waals surface area contributed by atoms with Crippen molar-refractivity contribution in [3.63, 3.8) is 0 Å². The number of halogens is 2. The van der Waals surface area contributed by atoms with E-state index in [0.29, 0.717) is 12.8 Å². The lowest BCUT2D eigenvalue weighted by Crippen LogP contribution is -2.24. The topological polar surface area (TPSA) is 17.1 Å². The Morgan fingerprint density at radius 3 is 2.22 bits per heavy atom. The van der Waals surface area contributed by atoms with Crippen LogP contribution in [-0.4, -0.2) is 11.7 Å². The Morgan fingerprint density at radius 2 is 1.70 bits per heavy atom. The molecule has 0 heterocycles. The second-order valence-corrected chi connectivity index (χ2v) is 7.05. The van der Waals surface area contributed by atoms with Gasteiger partial charge in [0.05, 0.1) is 0 Å². The van der Waals surface area contributed by atoms with E-state index < -0.39 is 11.7 Å². The van der Waals surface area contributed by atoms with Crippen LogP contribution in [0.3, 0.4) is 0 Å². The summed E-state index contributed by atoms with van der Waals surface area (Å²) in [5, 5.41) is 0. The van der Waals surface area contributed by atoms with Gasteiger partial charge in [0.25, 0.3) is 0 Å². The summed E-state index contributed by atoms with van der Waals surface area (Å²) >= 11 is 0. The molecule has 0 atom stereocenters. The summed E-state index contributed by atoms with van der Waals surface area (Å²) in [5.74, 6) is -3.01. The van der Waals surface area contributed by atoms with E-state index >= 15 is 0 Å². The molecule has 0 aromatic heterocycles. The van der Waals surface area contributed by atoms with E-state index in [1.807, 2.05) is 12.1 Å². The van der Waals surface area contributed by atoms with Crippen LogP contribution in [0.25, 0.3) is 0 Å². The first-order chi connectivity index (χ1) is 10.9. The van der Waals surface area contributed by atoms with Crippen LogP contribution in [0, 0.1) is 5.92 Å². The molecule has 1 fully saturated rings. The number of unbranched alkanes of at least 4 members (excludes halogenated alkanes) is 2. The molecule has 128 valence electrons. The molecule has 0 bridgehead atoms. The summed E-state index contributed by atoms with van der Waals surface area (Å²) < 4.78 is 26.2. The second kappa shape index (κ2) is 8.03. The number of rotatable bonds is 7. The van der Waals surface area contributed by atoms with E-state index in [-0.39, 0.29) is 5.56 Å². The summed E-state index contributed by atoms with van der Waals surface area (Å²) in [4.78, 5) is 11.6.